The van der Waals surface area contributed by atoms with Crippen molar-refractivity contribution in [3.63, 3.8) is 0 Å². The molecule has 0 aliphatic heterocycles. The third kappa shape index (κ3) is 1.99. The fourth-order valence-electron chi connectivity index (χ4n) is 1.58. The van der Waals surface area contributed by atoms with E-state index >= 15 is 0 Å². The van der Waals surface area contributed by atoms with E-state index in [0.29, 0.717) is 27.6 Å². The van der Waals surface area contributed by atoms with Crippen molar-refractivity contribution in [2.75, 3.05) is 11.9 Å². The Labute approximate surface area is 102 Å². The number of nitrogens with zero attached hydrogens (tertiary/aromatic N) is 2. The highest BCUT2D eigenvalue weighted by molar-refractivity contribution is 7.20. The molecule has 2 aromatic rings. The molecule has 2 aromatic heterocycles. The average Bonchev–Trinajstić information content (AvgIpc) is 2.65. The van der Waals surface area contributed by atoms with Gasteiger partial charge in [0, 0.05) is 6.54 Å². The van der Waals surface area contributed by atoms with Crippen LogP contribution in [-0.4, -0.2) is 27.6 Å². The van der Waals surface area contributed by atoms with Gasteiger partial charge in [-0.3, -0.25) is 0 Å². The number of aryl methyl sites for hydroxylation is 1. The Morgan fingerprint density at radius 3 is 3.06 bits per heavy atom. The van der Waals surface area contributed by atoms with Crippen molar-refractivity contribution in [1.82, 2.24) is 9.97 Å². The number of aromatic nitrogens is 2. The lowest BCUT2D eigenvalue weighted by Crippen LogP contribution is -2.01. The predicted molar refractivity (Wildman–Crippen MR) is 67.8 cm³/mol. The van der Waals surface area contributed by atoms with Gasteiger partial charge in [0.2, 0.25) is 0 Å². The van der Waals surface area contributed by atoms with Gasteiger partial charge >= 0.3 is 5.97 Å². The predicted octanol–water partition coefficient (Wildman–Crippen LogP) is 2.30. The Morgan fingerprint density at radius 2 is 2.41 bits per heavy atom. The van der Waals surface area contributed by atoms with Crippen molar-refractivity contribution in [2.24, 2.45) is 0 Å². The zero-order chi connectivity index (χ0) is 12.4. The average molecular weight is 249 g/mol. The lowest BCUT2D eigenvalue weighted by Gasteiger charge is -2.03. The van der Waals surface area contributed by atoms with Gasteiger partial charge in [-0.05, 0) is 12.5 Å². The summed E-state index contributed by atoms with van der Waals surface area (Å²) in [7, 11) is 0. The fourth-order valence-corrected chi connectivity index (χ4v) is 2.57. The quantitative estimate of drug-likeness (QED) is 0.813. The van der Waals surface area contributed by atoms with Crippen LogP contribution in [0.15, 0.2) is 19.0 Å². The second-order valence-corrected chi connectivity index (χ2v) is 4.43. The summed E-state index contributed by atoms with van der Waals surface area (Å²) in [5.74, 6) is -0.281. The summed E-state index contributed by atoms with van der Waals surface area (Å²) >= 11 is 1.16. The lowest BCUT2D eigenvalue weighted by molar-refractivity contribution is 0.0701. The van der Waals surface area contributed by atoms with Crippen LogP contribution in [0.1, 0.15) is 15.2 Å². The second kappa shape index (κ2) is 4.50. The molecule has 0 aliphatic carbocycles. The van der Waals surface area contributed by atoms with Crippen LogP contribution in [0.4, 0.5) is 5.82 Å². The summed E-state index contributed by atoms with van der Waals surface area (Å²) in [6, 6.07) is 0. The summed E-state index contributed by atoms with van der Waals surface area (Å²) in [5.41, 5.74) is 0.699. The molecule has 0 amide bonds. The summed E-state index contributed by atoms with van der Waals surface area (Å²) in [6.45, 7) is 5.96. The molecule has 0 saturated carbocycles. The highest BCUT2D eigenvalue weighted by Gasteiger charge is 2.18. The molecule has 0 saturated heterocycles. The van der Waals surface area contributed by atoms with Gasteiger partial charge in [0.1, 0.15) is 21.9 Å². The highest BCUT2D eigenvalue weighted by Crippen LogP contribution is 2.32. The fraction of sp³-hybridized carbons (Fsp3) is 0.182. The molecule has 0 bridgehead atoms. The molecule has 0 spiro atoms. The Hall–Kier alpha value is -1.95. The summed E-state index contributed by atoms with van der Waals surface area (Å²) in [5, 5.41) is 12.9. The summed E-state index contributed by atoms with van der Waals surface area (Å²) in [4.78, 5) is 20.2. The molecule has 17 heavy (non-hydrogen) atoms. The first-order valence-electron chi connectivity index (χ1n) is 4.97. The Morgan fingerprint density at radius 1 is 1.65 bits per heavy atom. The number of fused-ring (bicyclic) bond motifs is 1. The van der Waals surface area contributed by atoms with Crippen LogP contribution in [0, 0.1) is 6.92 Å². The van der Waals surface area contributed by atoms with Crippen molar-refractivity contribution in [2.45, 2.75) is 6.92 Å². The van der Waals surface area contributed by atoms with Crippen LogP contribution in [0.5, 0.6) is 0 Å². The molecule has 0 unspecified atom stereocenters. The summed E-state index contributed by atoms with van der Waals surface area (Å²) < 4.78 is 0. The van der Waals surface area contributed by atoms with Gasteiger partial charge in [0.05, 0.1) is 5.39 Å². The normalized spacial score (nSPS) is 10.4. The third-order valence-electron chi connectivity index (χ3n) is 2.33. The molecule has 0 atom stereocenters. The van der Waals surface area contributed by atoms with E-state index in [-0.39, 0.29) is 0 Å². The number of aromatic carboxylic acids is 1. The van der Waals surface area contributed by atoms with Gasteiger partial charge < -0.3 is 10.4 Å². The van der Waals surface area contributed by atoms with Crippen LogP contribution < -0.4 is 5.32 Å². The molecular weight excluding hydrogens is 238 g/mol. The molecule has 0 radical (unpaired) electrons. The molecule has 5 nitrogen and oxygen atoms in total. The van der Waals surface area contributed by atoms with Gasteiger partial charge in [-0.25, -0.2) is 14.8 Å². The van der Waals surface area contributed by atoms with Crippen molar-refractivity contribution >= 4 is 33.3 Å². The van der Waals surface area contributed by atoms with Gasteiger partial charge in [0.25, 0.3) is 0 Å². The van der Waals surface area contributed by atoms with Crippen LogP contribution in [0.3, 0.4) is 0 Å². The van der Waals surface area contributed by atoms with E-state index in [9.17, 15) is 4.79 Å². The number of carboxylic acids is 1. The van der Waals surface area contributed by atoms with E-state index in [4.69, 9.17) is 5.11 Å². The summed E-state index contributed by atoms with van der Waals surface area (Å²) in [6.07, 6.45) is 3.14. The Kier molecular flexibility index (Phi) is 3.06. The van der Waals surface area contributed by atoms with E-state index < -0.39 is 5.97 Å². The molecule has 0 fully saturated rings. The minimum Gasteiger partial charge on any atom is -0.477 e. The van der Waals surface area contributed by atoms with Gasteiger partial charge in [-0.2, -0.15) is 0 Å². The first-order valence-corrected chi connectivity index (χ1v) is 5.79. The van der Waals surface area contributed by atoms with Gasteiger partial charge in [-0.15, -0.1) is 17.9 Å². The van der Waals surface area contributed by atoms with Crippen LogP contribution in [0.2, 0.25) is 0 Å². The lowest BCUT2D eigenvalue weighted by atomic mass is 10.2. The third-order valence-corrected chi connectivity index (χ3v) is 3.52. The maximum absolute atomic E-state index is 11.0. The topological polar surface area (TPSA) is 75.1 Å². The number of carbonyl (C=O) groups is 1. The number of nitrogens with one attached hydrogen (secondary N) is 1. The van der Waals surface area contributed by atoms with Crippen LogP contribution in [-0.2, 0) is 0 Å². The number of hydrogen-bond donors (Lipinski definition) is 2. The molecule has 2 heterocycles. The van der Waals surface area contributed by atoms with Gasteiger partial charge in [-0.1, -0.05) is 6.08 Å². The zero-order valence-electron chi connectivity index (χ0n) is 9.23. The molecule has 0 aromatic carbocycles. The molecule has 88 valence electrons. The molecule has 6 heteroatoms. The largest absolute Gasteiger partial charge is 0.477 e. The first-order chi connectivity index (χ1) is 8.15. The van der Waals surface area contributed by atoms with Crippen LogP contribution >= 0.6 is 11.3 Å². The van der Waals surface area contributed by atoms with Crippen molar-refractivity contribution < 1.29 is 9.90 Å². The van der Waals surface area contributed by atoms with Crippen molar-refractivity contribution in [3.05, 3.63) is 29.4 Å². The van der Waals surface area contributed by atoms with E-state index in [2.05, 4.69) is 21.9 Å². The smallest absolute Gasteiger partial charge is 0.346 e. The molecule has 0 aliphatic rings. The van der Waals surface area contributed by atoms with E-state index in [1.54, 1.807) is 13.0 Å². The molecule has 2 N–H and O–H groups in total. The Balaban J connectivity index is 2.62. The molecular formula is C11H11N3O2S. The maximum atomic E-state index is 11.0. The van der Waals surface area contributed by atoms with E-state index in [1.807, 2.05) is 0 Å². The number of carboxylic acid groups (broad SMARTS) is 1. The monoisotopic (exact) mass is 249 g/mol. The van der Waals surface area contributed by atoms with E-state index in [0.717, 1.165) is 16.7 Å². The number of anilines is 1. The van der Waals surface area contributed by atoms with Crippen molar-refractivity contribution in [1.29, 1.82) is 0 Å². The number of hydrogen-bond acceptors (Lipinski definition) is 5. The number of rotatable bonds is 4. The SMILES string of the molecule is C=CCNc1ncnc2sc(C(=O)O)c(C)c12. The van der Waals surface area contributed by atoms with Crippen molar-refractivity contribution in [3.8, 4) is 0 Å². The standard InChI is InChI=1S/C11H11N3O2S/c1-3-4-12-9-7-6(2)8(11(15)16)17-10(7)14-5-13-9/h3,5H,1,4H2,2H3,(H,15,16)(H,12,13,14). The number of thiophene rings is 1. The maximum Gasteiger partial charge on any atom is 0.346 e. The molecule has 2 rings (SSSR count). The van der Waals surface area contributed by atoms with E-state index in [1.165, 1.54) is 6.33 Å². The Bertz CT molecular complexity index is 592. The minimum atomic E-state index is -0.930. The zero-order valence-corrected chi connectivity index (χ0v) is 10.0. The first kappa shape index (κ1) is 11.5. The highest BCUT2D eigenvalue weighted by atomic mass is 32.1. The van der Waals surface area contributed by atoms with Gasteiger partial charge in [0.15, 0.2) is 0 Å². The van der Waals surface area contributed by atoms with Crippen LogP contribution in [0.25, 0.3) is 10.2 Å². The minimum absolute atomic E-state index is 0.308. The second-order valence-electron chi connectivity index (χ2n) is 3.43.